The van der Waals surface area contributed by atoms with Gasteiger partial charge >= 0.3 is 0 Å². The zero-order valence-corrected chi connectivity index (χ0v) is 12.8. The number of nitrogens with two attached hydrogens (primary N) is 1. The Kier molecular flexibility index (Phi) is 5.51. The standard InChI is InChI=1S/C14H20N2O3.ClH/c1-8(2)9(3)4-14(17)16-11-6-13-12(5-10(11)15)18-7-19-13;/h5-6,8-9H,4,7,15H2,1-3H3,(H,16,17);1H. The minimum Gasteiger partial charge on any atom is -0.454 e. The van der Waals surface area contributed by atoms with Gasteiger partial charge in [0.1, 0.15) is 0 Å². The minimum absolute atomic E-state index is 0. The maximum Gasteiger partial charge on any atom is 0.231 e. The van der Waals surface area contributed by atoms with Gasteiger partial charge in [-0.05, 0) is 11.8 Å². The van der Waals surface area contributed by atoms with Crippen LogP contribution in [0.2, 0.25) is 0 Å². The number of nitrogen functional groups attached to an aromatic ring is 1. The van der Waals surface area contributed by atoms with Gasteiger partial charge in [0, 0.05) is 18.6 Å². The SMILES string of the molecule is CC(C)C(C)CC(=O)Nc1cc2c(cc1N)OCO2.Cl. The topological polar surface area (TPSA) is 73.6 Å². The van der Waals surface area contributed by atoms with E-state index >= 15 is 0 Å². The number of fused-ring (bicyclic) bond motifs is 1. The van der Waals surface area contributed by atoms with Crippen LogP contribution < -0.4 is 20.5 Å². The zero-order chi connectivity index (χ0) is 14.0. The van der Waals surface area contributed by atoms with Crippen molar-refractivity contribution in [3.05, 3.63) is 12.1 Å². The average Bonchev–Trinajstić information content (AvgIpc) is 2.76. The predicted molar refractivity (Wildman–Crippen MR) is 81.5 cm³/mol. The summed E-state index contributed by atoms with van der Waals surface area (Å²) in [5.74, 6) is 1.99. The lowest BCUT2D eigenvalue weighted by Crippen LogP contribution is -2.18. The molecular weight excluding hydrogens is 280 g/mol. The molecule has 0 aromatic heterocycles. The molecule has 1 aliphatic rings. The number of ether oxygens (including phenoxy) is 2. The lowest BCUT2D eigenvalue weighted by Gasteiger charge is -2.15. The summed E-state index contributed by atoms with van der Waals surface area (Å²) in [4.78, 5) is 11.9. The molecule has 112 valence electrons. The van der Waals surface area contributed by atoms with E-state index in [2.05, 4.69) is 26.1 Å². The van der Waals surface area contributed by atoms with E-state index in [4.69, 9.17) is 15.2 Å². The first-order valence-electron chi connectivity index (χ1n) is 6.46. The van der Waals surface area contributed by atoms with Gasteiger partial charge in [0.15, 0.2) is 11.5 Å². The highest BCUT2D eigenvalue weighted by molar-refractivity contribution is 5.94. The third kappa shape index (κ3) is 3.70. The van der Waals surface area contributed by atoms with Crippen LogP contribution in [-0.2, 0) is 4.79 Å². The number of carbonyl (C=O) groups is 1. The first-order valence-corrected chi connectivity index (χ1v) is 6.46. The Morgan fingerprint density at radius 3 is 2.50 bits per heavy atom. The molecular formula is C14H21ClN2O3. The first kappa shape index (κ1) is 16.4. The van der Waals surface area contributed by atoms with Gasteiger partial charge in [0.2, 0.25) is 12.7 Å². The zero-order valence-electron chi connectivity index (χ0n) is 11.9. The molecule has 2 rings (SSSR count). The van der Waals surface area contributed by atoms with Crippen LogP contribution in [0.25, 0.3) is 0 Å². The number of rotatable bonds is 4. The molecule has 0 bridgehead atoms. The van der Waals surface area contributed by atoms with E-state index in [9.17, 15) is 4.79 Å². The van der Waals surface area contributed by atoms with Gasteiger partial charge in [-0.15, -0.1) is 12.4 Å². The molecule has 1 unspecified atom stereocenters. The highest BCUT2D eigenvalue weighted by Crippen LogP contribution is 2.38. The van der Waals surface area contributed by atoms with Crippen molar-refractivity contribution in [2.45, 2.75) is 27.2 Å². The van der Waals surface area contributed by atoms with Crippen LogP contribution in [-0.4, -0.2) is 12.7 Å². The van der Waals surface area contributed by atoms with Crippen molar-refractivity contribution in [3.8, 4) is 11.5 Å². The summed E-state index contributed by atoms with van der Waals surface area (Å²) >= 11 is 0. The molecule has 1 aliphatic heterocycles. The fourth-order valence-corrected chi connectivity index (χ4v) is 1.80. The molecule has 1 atom stereocenters. The molecule has 5 nitrogen and oxygen atoms in total. The number of benzene rings is 1. The Balaban J connectivity index is 0.00000200. The number of nitrogens with one attached hydrogen (secondary N) is 1. The minimum atomic E-state index is -0.0354. The van der Waals surface area contributed by atoms with E-state index in [-0.39, 0.29) is 25.1 Å². The Morgan fingerprint density at radius 1 is 1.30 bits per heavy atom. The van der Waals surface area contributed by atoms with Crippen LogP contribution in [0.1, 0.15) is 27.2 Å². The van der Waals surface area contributed by atoms with E-state index in [1.807, 2.05) is 0 Å². The molecule has 0 radical (unpaired) electrons. The Morgan fingerprint density at radius 2 is 1.90 bits per heavy atom. The molecule has 0 aliphatic carbocycles. The predicted octanol–water partition coefficient (Wildman–Crippen LogP) is 3.04. The van der Waals surface area contributed by atoms with E-state index in [1.165, 1.54) is 0 Å². The second-order valence-electron chi connectivity index (χ2n) is 5.27. The number of amides is 1. The molecule has 3 N–H and O–H groups in total. The van der Waals surface area contributed by atoms with Crippen molar-refractivity contribution in [1.82, 2.24) is 0 Å². The molecule has 6 heteroatoms. The Labute approximate surface area is 125 Å². The van der Waals surface area contributed by atoms with Gasteiger partial charge in [-0.1, -0.05) is 20.8 Å². The molecule has 0 saturated heterocycles. The maximum atomic E-state index is 11.9. The number of hydrogen-bond acceptors (Lipinski definition) is 4. The number of hydrogen-bond donors (Lipinski definition) is 2. The molecule has 20 heavy (non-hydrogen) atoms. The molecule has 1 aromatic carbocycles. The number of anilines is 2. The molecule has 0 saturated carbocycles. The van der Waals surface area contributed by atoms with Crippen LogP contribution in [0.4, 0.5) is 11.4 Å². The van der Waals surface area contributed by atoms with E-state index in [0.717, 1.165) is 0 Å². The van der Waals surface area contributed by atoms with Crippen molar-refractivity contribution >= 4 is 29.7 Å². The summed E-state index contributed by atoms with van der Waals surface area (Å²) < 4.78 is 10.5. The fraction of sp³-hybridized carbons (Fsp3) is 0.500. The summed E-state index contributed by atoms with van der Waals surface area (Å²) in [5, 5.41) is 2.83. The van der Waals surface area contributed by atoms with Gasteiger partial charge in [0.25, 0.3) is 0 Å². The molecule has 1 heterocycles. The van der Waals surface area contributed by atoms with Crippen LogP contribution in [0.5, 0.6) is 11.5 Å². The summed E-state index contributed by atoms with van der Waals surface area (Å²) in [6, 6.07) is 3.37. The Bertz CT molecular complexity index is 492. The van der Waals surface area contributed by atoms with Crippen molar-refractivity contribution in [2.75, 3.05) is 17.8 Å². The third-order valence-electron chi connectivity index (χ3n) is 3.46. The van der Waals surface area contributed by atoms with E-state index in [1.54, 1.807) is 12.1 Å². The van der Waals surface area contributed by atoms with Gasteiger partial charge in [-0.3, -0.25) is 4.79 Å². The summed E-state index contributed by atoms with van der Waals surface area (Å²) in [6.07, 6.45) is 0.478. The molecule has 1 aromatic rings. The summed E-state index contributed by atoms with van der Waals surface area (Å²) in [7, 11) is 0. The second kappa shape index (κ2) is 6.70. The van der Waals surface area contributed by atoms with Crippen molar-refractivity contribution in [3.63, 3.8) is 0 Å². The fourth-order valence-electron chi connectivity index (χ4n) is 1.80. The van der Waals surface area contributed by atoms with E-state index in [0.29, 0.717) is 41.1 Å². The van der Waals surface area contributed by atoms with Gasteiger partial charge in [-0.2, -0.15) is 0 Å². The first-order chi connectivity index (χ1) is 8.97. The van der Waals surface area contributed by atoms with Crippen molar-refractivity contribution in [1.29, 1.82) is 0 Å². The lowest BCUT2D eigenvalue weighted by atomic mass is 9.94. The van der Waals surface area contributed by atoms with Crippen LogP contribution in [0.15, 0.2) is 12.1 Å². The van der Waals surface area contributed by atoms with Crippen molar-refractivity contribution in [2.24, 2.45) is 11.8 Å². The quantitative estimate of drug-likeness (QED) is 0.838. The van der Waals surface area contributed by atoms with Crippen LogP contribution in [0, 0.1) is 11.8 Å². The maximum absolute atomic E-state index is 11.9. The normalized spacial score (nSPS) is 13.8. The highest BCUT2D eigenvalue weighted by Gasteiger charge is 2.18. The van der Waals surface area contributed by atoms with Crippen LogP contribution in [0.3, 0.4) is 0 Å². The monoisotopic (exact) mass is 300 g/mol. The number of halogens is 1. The molecule has 0 fully saturated rings. The summed E-state index contributed by atoms with van der Waals surface area (Å²) in [6.45, 7) is 6.46. The molecule has 1 amide bonds. The van der Waals surface area contributed by atoms with Crippen LogP contribution >= 0.6 is 12.4 Å². The van der Waals surface area contributed by atoms with Gasteiger partial charge < -0.3 is 20.5 Å². The smallest absolute Gasteiger partial charge is 0.231 e. The van der Waals surface area contributed by atoms with Gasteiger partial charge in [0.05, 0.1) is 11.4 Å². The Hall–Kier alpha value is -1.62. The van der Waals surface area contributed by atoms with Gasteiger partial charge in [-0.25, -0.2) is 0 Å². The lowest BCUT2D eigenvalue weighted by molar-refractivity contribution is -0.117. The average molecular weight is 301 g/mol. The molecule has 0 spiro atoms. The number of carbonyl (C=O) groups excluding carboxylic acids is 1. The second-order valence-corrected chi connectivity index (χ2v) is 5.27. The van der Waals surface area contributed by atoms with E-state index < -0.39 is 0 Å². The third-order valence-corrected chi connectivity index (χ3v) is 3.46. The summed E-state index contributed by atoms with van der Waals surface area (Å²) in [5.41, 5.74) is 6.94. The highest BCUT2D eigenvalue weighted by atomic mass is 35.5. The van der Waals surface area contributed by atoms with Crippen molar-refractivity contribution < 1.29 is 14.3 Å². The largest absolute Gasteiger partial charge is 0.454 e.